The second kappa shape index (κ2) is 3.86. The molecule has 2 aromatic rings. The van der Waals surface area contributed by atoms with E-state index in [0.29, 0.717) is 11.0 Å². The molecular weight excluding hydrogens is 314 g/mol. The van der Waals surface area contributed by atoms with Gasteiger partial charge in [-0.05, 0) is 35.6 Å². The zero-order valence-electron chi connectivity index (χ0n) is 7.29. The summed E-state index contributed by atoms with van der Waals surface area (Å²) >= 11 is 8.07. The molecule has 2 heterocycles. The van der Waals surface area contributed by atoms with Gasteiger partial charge < -0.3 is 4.42 Å². The van der Waals surface area contributed by atoms with E-state index in [1.54, 1.807) is 18.6 Å². The van der Waals surface area contributed by atoms with Gasteiger partial charge in [-0.15, -0.1) is 0 Å². The van der Waals surface area contributed by atoms with E-state index in [9.17, 15) is 0 Å². The van der Waals surface area contributed by atoms with Crippen molar-refractivity contribution in [3.63, 3.8) is 0 Å². The number of hydrogen-bond acceptors (Lipinski definition) is 3. The lowest BCUT2D eigenvalue weighted by atomic mass is 10.3. The van der Waals surface area contributed by atoms with Gasteiger partial charge in [-0.3, -0.25) is 0 Å². The first-order valence-electron chi connectivity index (χ1n) is 3.90. The first-order valence-corrected chi connectivity index (χ1v) is 5.36. The number of halogens is 2. The van der Waals surface area contributed by atoms with Gasteiger partial charge in [0.1, 0.15) is 11.4 Å². The Morgan fingerprint density at radius 1 is 1.43 bits per heavy atom. The highest BCUT2D eigenvalue weighted by Gasteiger charge is 2.09. The van der Waals surface area contributed by atoms with Crippen LogP contribution in [-0.4, -0.2) is 9.97 Å². The lowest BCUT2D eigenvalue weighted by molar-refractivity contribution is 0.568. The fourth-order valence-corrected chi connectivity index (χ4v) is 1.50. The predicted octanol–water partition coefficient (Wildman–Crippen LogP) is 3.30. The maximum Gasteiger partial charge on any atom is 0.164 e. The van der Waals surface area contributed by atoms with Crippen LogP contribution < -0.4 is 0 Å². The molecule has 0 atom stereocenters. The molecule has 0 aromatic carbocycles. The SMILES string of the molecule is Cc1nc(-c2ccoc2)nc(Cl)c1I. The van der Waals surface area contributed by atoms with E-state index in [-0.39, 0.29) is 0 Å². The maximum absolute atomic E-state index is 5.95. The molecule has 0 radical (unpaired) electrons. The molecule has 0 spiro atoms. The summed E-state index contributed by atoms with van der Waals surface area (Å²) in [5.41, 5.74) is 1.72. The number of rotatable bonds is 1. The van der Waals surface area contributed by atoms with E-state index in [2.05, 4.69) is 32.6 Å². The van der Waals surface area contributed by atoms with Crippen molar-refractivity contribution in [1.29, 1.82) is 0 Å². The van der Waals surface area contributed by atoms with Crippen LogP contribution in [0, 0.1) is 10.5 Å². The highest BCUT2D eigenvalue weighted by molar-refractivity contribution is 14.1. The van der Waals surface area contributed by atoms with Gasteiger partial charge in [-0.25, -0.2) is 9.97 Å². The number of aryl methyl sites for hydroxylation is 1. The summed E-state index contributed by atoms with van der Waals surface area (Å²) in [5.74, 6) is 0.599. The molecular formula is C9H6ClIN2O. The van der Waals surface area contributed by atoms with Crippen molar-refractivity contribution in [3.05, 3.63) is 33.0 Å². The first-order chi connectivity index (χ1) is 6.68. The van der Waals surface area contributed by atoms with Crippen LogP contribution in [0.1, 0.15) is 5.69 Å². The van der Waals surface area contributed by atoms with Gasteiger partial charge in [-0.2, -0.15) is 0 Å². The Morgan fingerprint density at radius 3 is 2.79 bits per heavy atom. The van der Waals surface area contributed by atoms with Crippen molar-refractivity contribution in [2.24, 2.45) is 0 Å². The van der Waals surface area contributed by atoms with E-state index < -0.39 is 0 Å². The summed E-state index contributed by atoms with van der Waals surface area (Å²) < 4.78 is 5.84. The van der Waals surface area contributed by atoms with Crippen molar-refractivity contribution >= 4 is 34.2 Å². The van der Waals surface area contributed by atoms with Crippen LogP contribution in [0.4, 0.5) is 0 Å². The highest BCUT2D eigenvalue weighted by Crippen LogP contribution is 2.23. The third-order valence-corrected chi connectivity index (χ3v) is 3.64. The summed E-state index contributed by atoms with van der Waals surface area (Å²) in [5, 5.41) is 0.481. The first kappa shape index (κ1) is 9.92. The van der Waals surface area contributed by atoms with Crippen LogP contribution in [0.2, 0.25) is 5.15 Å². The maximum atomic E-state index is 5.95. The van der Waals surface area contributed by atoms with Gasteiger partial charge in [0.05, 0.1) is 21.1 Å². The highest BCUT2D eigenvalue weighted by atomic mass is 127. The van der Waals surface area contributed by atoms with Crippen molar-refractivity contribution in [2.75, 3.05) is 0 Å². The average molecular weight is 321 g/mol. The molecule has 0 aliphatic carbocycles. The van der Waals surface area contributed by atoms with Crippen LogP contribution in [0.3, 0.4) is 0 Å². The van der Waals surface area contributed by atoms with Crippen LogP contribution >= 0.6 is 34.2 Å². The summed E-state index contributed by atoms with van der Waals surface area (Å²) in [7, 11) is 0. The lowest BCUT2D eigenvalue weighted by Crippen LogP contribution is -1.95. The summed E-state index contributed by atoms with van der Waals surface area (Å²) in [4.78, 5) is 8.48. The molecule has 2 aromatic heterocycles. The second-order valence-electron chi connectivity index (χ2n) is 2.75. The zero-order valence-corrected chi connectivity index (χ0v) is 10.2. The van der Waals surface area contributed by atoms with E-state index >= 15 is 0 Å². The Kier molecular flexibility index (Phi) is 2.73. The van der Waals surface area contributed by atoms with Gasteiger partial charge in [0, 0.05) is 0 Å². The zero-order chi connectivity index (χ0) is 10.1. The van der Waals surface area contributed by atoms with Crippen LogP contribution in [0.15, 0.2) is 23.0 Å². The van der Waals surface area contributed by atoms with E-state index in [1.165, 1.54) is 0 Å². The smallest absolute Gasteiger partial charge is 0.164 e. The van der Waals surface area contributed by atoms with Crippen molar-refractivity contribution in [2.45, 2.75) is 6.92 Å². The molecule has 0 saturated carbocycles. The quantitative estimate of drug-likeness (QED) is 0.598. The Labute approximate surface area is 99.7 Å². The van der Waals surface area contributed by atoms with Gasteiger partial charge in [0.15, 0.2) is 5.82 Å². The van der Waals surface area contributed by atoms with Gasteiger partial charge >= 0.3 is 0 Å². The molecule has 3 nitrogen and oxygen atoms in total. The Bertz CT molecular complexity index is 433. The minimum Gasteiger partial charge on any atom is -0.472 e. The Morgan fingerprint density at radius 2 is 2.21 bits per heavy atom. The molecule has 0 N–H and O–H groups in total. The van der Waals surface area contributed by atoms with Crippen molar-refractivity contribution < 1.29 is 4.42 Å². The number of hydrogen-bond donors (Lipinski definition) is 0. The molecule has 0 aliphatic heterocycles. The number of furan rings is 1. The molecule has 0 aliphatic rings. The minimum atomic E-state index is 0.481. The molecule has 0 saturated heterocycles. The number of aromatic nitrogens is 2. The second-order valence-corrected chi connectivity index (χ2v) is 4.19. The Hall–Kier alpha value is -0.620. The monoisotopic (exact) mass is 320 g/mol. The van der Waals surface area contributed by atoms with Crippen LogP contribution in [0.25, 0.3) is 11.4 Å². The predicted molar refractivity (Wildman–Crippen MR) is 62.2 cm³/mol. The standard InChI is InChI=1S/C9H6ClIN2O/c1-5-7(11)8(10)13-9(12-5)6-2-3-14-4-6/h2-4H,1H3. The average Bonchev–Trinajstić information content (AvgIpc) is 2.66. The largest absolute Gasteiger partial charge is 0.472 e. The lowest BCUT2D eigenvalue weighted by Gasteiger charge is -2.02. The third kappa shape index (κ3) is 1.76. The fourth-order valence-electron chi connectivity index (χ4n) is 1.05. The van der Waals surface area contributed by atoms with Crippen LogP contribution in [0.5, 0.6) is 0 Å². The summed E-state index contributed by atoms with van der Waals surface area (Å²) in [6.45, 7) is 1.90. The van der Waals surface area contributed by atoms with E-state index in [0.717, 1.165) is 14.8 Å². The molecule has 0 fully saturated rings. The van der Waals surface area contributed by atoms with E-state index in [1.807, 2.05) is 6.92 Å². The van der Waals surface area contributed by atoms with Crippen molar-refractivity contribution in [3.8, 4) is 11.4 Å². The molecule has 2 rings (SSSR count). The van der Waals surface area contributed by atoms with Gasteiger partial charge in [0.2, 0.25) is 0 Å². The topological polar surface area (TPSA) is 38.9 Å². The van der Waals surface area contributed by atoms with E-state index in [4.69, 9.17) is 16.0 Å². The molecule has 14 heavy (non-hydrogen) atoms. The molecule has 0 amide bonds. The fraction of sp³-hybridized carbons (Fsp3) is 0.111. The minimum absolute atomic E-state index is 0.481. The van der Waals surface area contributed by atoms with Crippen LogP contribution in [-0.2, 0) is 0 Å². The van der Waals surface area contributed by atoms with Crippen molar-refractivity contribution in [1.82, 2.24) is 9.97 Å². The summed E-state index contributed by atoms with van der Waals surface area (Å²) in [6.07, 6.45) is 3.18. The molecule has 0 bridgehead atoms. The third-order valence-electron chi connectivity index (χ3n) is 1.76. The Balaban J connectivity index is 2.57. The molecule has 72 valence electrons. The number of nitrogens with zero attached hydrogens (tertiary/aromatic N) is 2. The van der Waals surface area contributed by atoms with Gasteiger partial charge in [0.25, 0.3) is 0 Å². The molecule has 5 heteroatoms. The van der Waals surface area contributed by atoms with Gasteiger partial charge in [-0.1, -0.05) is 11.6 Å². The summed E-state index contributed by atoms with van der Waals surface area (Å²) in [6, 6.07) is 1.80. The molecule has 0 unspecified atom stereocenters. The normalized spacial score (nSPS) is 10.5.